The van der Waals surface area contributed by atoms with E-state index in [0.29, 0.717) is 17.4 Å². The van der Waals surface area contributed by atoms with Crippen LogP contribution in [0.1, 0.15) is 284 Å². The molecule has 3 atom stereocenters. The number of hydrogen-bond donors (Lipinski definition) is 2. The van der Waals surface area contributed by atoms with Crippen LogP contribution in [0.25, 0.3) is 0 Å². The van der Waals surface area contributed by atoms with Crippen LogP contribution in [-0.2, 0) is 18.4 Å². The van der Waals surface area contributed by atoms with Crippen molar-refractivity contribution in [3.8, 4) is 0 Å². The van der Waals surface area contributed by atoms with Crippen LogP contribution >= 0.6 is 7.82 Å². The molecular formula is C61H117N2O6P. The third-order valence-corrected chi connectivity index (χ3v) is 14.5. The summed E-state index contributed by atoms with van der Waals surface area (Å²) in [5, 5.41) is 13.9. The van der Waals surface area contributed by atoms with Gasteiger partial charge < -0.3 is 28.8 Å². The van der Waals surface area contributed by atoms with Crippen molar-refractivity contribution in [1.29, 1.82) is 0 Å². The molecule has 0 aliphatic heterocycles. The van der Waals surface area contributed by atoms with Crippen molar-refractivity contribution in [1.82, 2.24) is 5.32 Å². The highest BCUT2D eigenvalue weighted by molar-refractivity contribution is 7.45. The Balaban J connectivity index is 4.12. The van der Waals surface area contributed by atoms with Gasteiger partial charge in [0.15, 0.2) is 0 Å². The van der Waals surface area contributed by atoms with Gasteiger partial charge in [0.1, 0.15) is 13.2 Å². The van der Waals surface area contributed by atoms with Crippen molar-refractivity contribution in [2.45, 2.75) is 296 Å². The third kappa shape index (κ3) is 54.2. The van der Waals surface area contributed by atoms with Gasteiger partial charge in [-0.3, -0.25) is 9.36 Å². The summed E-state index contributed by atoms with van der Waals surface area (Å²) >= 11 is 0. The van der Waals surface area contributed by atoms with Crippen LogP contribution in [0.15, 0.2) is 48.6 Å². The maximum Gasteiger partial charge on any atom is 0.268 e. The highest BCUT2D eigenvalue weighted by Crippen LogP contribution is 2.38. The number of likely N-dealkylation sites (N-methyl/N-ethyl adjacent to an activating group) is 1. The number of phosphoric ester groups is 1. The van der Waals surface area contributed by atoms with Gasteiger partial charge in [-0.25, -0.2) is 0 Å². The second-order valence-corrected chi connectivity index (χ2v) is 23.1. The number of rotatable bonds is 55. The molecular weight excluding hydrogens is 888 g/mol. The average Bonchev–Trinajstić information content (AvgIpc) is 3.32. The Hall–Kier alpha value is -1.54. The predicted octanol–water partition coefficient (Wildman–Crippen LogP) is 17.7. The minimum absolute atomic E-state index is 0.00885. The number of carbonyl (C=O) groups is 1. The van der Waals surface area contributed by atoms with E-state index in [9.17, 15) is 19.4 Å². The first kappa shape index (κ1) is 68.5. The Labute approximate surface area is 435 Å². The van der Waals surface area contributed by atoms with Gasteiger partial charge in [0.2, 0.25) is 5.91 Å². The number of aliphatic hydroxyl groups excluding tert-OH is 1. The Morgan fingerprint density at radius 2 is 0.800 bits per heavy atom. The fourth-order valence-electron chi connectivity index (χ4n) is 8.77. The maximum atomic E-state index is 13.0. The highest BCUT2D eigenvalue weighted by Gasteiger charge is 2.23. The van der Waals surface area contributed by atoms with Gasteiger partial charge in [0.25, 0.3) is 7.82 Å². The van der Waals surface area contributed by atoms with Crippen LogP contribution in [0.3, 0.4) is 0 Å². The lowest BCUT2D eigenvalue weighted by molar-refractivity contribution is -0.870. The highest BCUT2D eigenvalue weighted by atomic mass is 31.2. The van der Waals surface area contributed by atoms with Crippen molar-refractivity contribution in [2.24, 2.45) is 0 Å². The van der Waals surface area contributed by atoms with E-state index in [4.69, 9.17) is 9.05 Å². The number of amides is 1. The van der Waals surface area contributed by atoms with Gasteiger partial charge in [-0.1, -0.05) is 255 Å². The monoisotopic (exact) mass is 1000 g/mol. The molecule has 412 valence electrons. The van der Waals surface area contributed by atoms with E-state index in [1.54, 1.807) is 6.08 Å². The van der Waals surface area contributed by atoms with Crippen LogP contribution in [0, 0.1) is 0 Å². The summed E-state index contributed by atoms with van der Waals surface area (Å²) in [6.07, 6.45) is 69.2. The Morgan fingerprint density at radius 3 is 1.16 bits per heavy atom. The minimum Gasteiger partial charge on any atom is -0.756 e. The number of carbonyl (C=O) groups excluding carboxylic acids is 1. The summed E-state index contributed by atoms with van der Waals surface area (Å²) in [7, 11) is 1.24. The van der Waals surface area contributed by atoms with Crippen molar-refractivity contribution in [3.05, 3.63) is 48.6 Å². The average molecular weight is 1010 g/mol. The molecule has 2 N–H and O–H groups in total. The normalized spacial score (nSPS) is 14.2. The molecule has 0 aromatic rings. The van der Waals surface area contributed by atoms with E-state index >= 15 is 0 Å². The van der Waals surface area contributed by atoms with Crippen molar-refractivity contribution in [2.75, 3.05) is 40.9 Å². The topological polar surface area (TPSA) is 108 Å². The quantitative estimate of drug-likeness (QED) is 0.0272. The molecule has 0 bridgehead atoms. The molecule has 0 heterocycles. The lowest BCUT2D eigenvalue weighted by atomic mass is 10.0. The van der Waals surface area contributed by atoms with Gasteiger partial charge >= 0.3 is 0 Å². The molecule has 0 aliphatic carbocycles. The molecule has 0 radical (unpaired) electrons. The van der Waals surface area contributed by atoms with Crippen LogP contribution < -0.4 is 10.2 Å². The van der Waals surface area contributed by atoms with E-state index < -0.39 is 26.6 Å². The number of aliphatic hydroxyl groups is 1. The van der Waals surface area contributed by atoms with Gasteiger partial charge in [0.05, 0.1) is 39.9 Å². The molecule has 70 heavy (non-hydrogen) atoms. The minimum atomic E-state index is -4.61. The molecule has 8 nitrogen and oxygen atoms in total. The fraction of sp³-hybridized carbons (Fsp3) is 0.852. The second kappa shape index (κ2) is 52.3. The van der Waals surface area contributed by atoms with Crippen molar-refractivity contribution < 1.29 is 32.9 Å². The SMILES string of the molecule is CCCCCCCCC/C=C/CC/C=C/CC/C=C/C(O)C(COP(=O)([O-])OCC[N+](C)(C)C)NC(=O)CCCCCCCCCCCCCCCCC/C=C\CCCCCCCCCCCCCC. The first-order valence-corrected chi connectivity index (χ1v) is 31.5. The molecule has 0 aromatic heterocycles. The van der Waals surface area contributed by atoms with Crippen LogP contribution in [0.5, 0.6) is 0 Å². The summed E-state index contributed by atoms with van der Waals surface area (Å²) in [5.74, 6) is -0.209. The second-order valence-electron chi connectivity index (χ2n) is 21.7. The van der Waals surface area contributed by atoms with E-state index in [0.717, 1.165) is 44.9 Å². The van der Waals surface area contributed by atoms with Crippen molar-refractivity contribution >= 4 is 13.7 Å². The Morgan fingerprint density at radius 1 is 0.486 bits per heavy atom. The molecule has 0 rings (SSSR count). The molecule has 9 heteroatoms. The third-order valence-electron chi connectivity index (χ3n) is 13.5. The van der Waals surface area contributed by atoms with Gasteiger partial charge in [-0.2, -0.15) is 0 Å². The zero-order valence-electron chi connectivity index (χ0n) is 47.0. The Kier molecular flexibility index (Phi) is 51.2. The van der Waals surface area contributed by atoms with Crippen molar-refractivity contribution in [3.63, 3.8) is 0 Å². The maximum absolute atomic E-state index is 13.0. The first-order chi connectivity index (χ1) is 34.0. The van der Waals surface area contributed by atoms with E-state index in [-0.39, 0.29) is 12.5 Å². The number of hydrogen-bond acceptors (Lipinski definition) is 6. The summed E-state index contributed by atoms with van der Waals surface area (Å²) < 4.78 is 23.3. The molecule has 0 aromatic carbocycles. The molecule has 0 spiro atoms. The summed E-state index contributed by atoms with van der Waals surface area (Å²) in [6.45, 7) is 4.64. The number of allylic oxidation sites excluding steroid dienone is 7. The standard InChI is InChI=1S/C61H117N2O6P/c1-6-8-10-12-14-16-18-20-22-24-25-26-27-28-29-30-31-32-33-34-35-36-37-39-41-43-45-47-49-51-53-55-61(65)62-59(58-69-70(66,67)68-57-56-63(3,4)5)60(64)54-52-50-48-46-44-42-40-38-23-21-19-17-15-13-11-9-7-2/h23,28-29,38,44,46,52,54,59-60,64H,6-22,24-27,30-37,39-43,45,47-51,53,55-58H2,1-5H3,(H-,62,65,66,67)/b29-28-,38-23+,46-44+,54-52+. The van der Waals surface area contributed by atoms with Gasteiger partial charge in [-0.15, -0.1) is 0 Å². The lowest BCUT2D eigenvalue weighted by Crippen LogP contribution is -2.45. The molecule has 1 amide bonds. The zero-order chi connectivity index (χ0) is 51.3. The smallest absolute Gasteiger partial charge is 0.268 e. The molecule has 0 aliphatic rings. The molecule has 3 unspecified atom stereocenters. The van der Waals surface area contributed by atoms with E-state index in [1.807, 2.05) is 27.2 Å². The van der Waals surface area contributed by atoms with E-state index in [2.05, 4.69) is 55.6 Å². The Bertz CT molecular complexity index is 1280. The molecule has 0 saturated heterocycles. The van der Waals surface area contributed by atoms with Gasteiger partial charge in [-0.05, 0) is 70.6 Å². The number of quaternary nitrogens is 1. The van der Waals surface area contributed by atoms with Crippen LogP contribution in [-0.4, -0.2) is 68.5 Å². The summed E-state index contributed by atoms with van der Waals surface area (Å²) in [6, 6.07) is -0.910. The van der Waals surface area contributed by atoms with Crippen LogP contribution in [0.4, 0.5) is 0 Å². The van der Waals surface area contributed by atoms with E-state index in [1.165, 1.54) is 218 Å². The van der Waals surface area contributed by atoms with Gasteiger partial charge in [0, 0.05) is 6.42 Å². The number of phosphoric acid groups is 1. The predicted molar refractivity (Wildman–Crippen MR) is 302 cm³/mol. The van der Waals surface area contributed by atoms with Crippen LogP contribution in [0.2, 0.25) is 0 Å². The lowest BCUT2D eigenvalue weighted by Gasteiger charge is -2.29. The zero-order valence-corrected chi connectivity index (χ0v) is 47.9. The summed E-state index contributed by atoms with van der Waals surface area (Å²) in [5.41, 5.74) is 0. The molecule has 0 saturated carbocycles. The number of nitrogens with zero attached hydrogens (tertiary/aromatic N) is 1. The first-order valence-electron chi connectivity index (χ1n) is 30.0. The fourth-order valence-corrected chi connectivity index (χ4v) is 9.49. The summed E-state index contributed by atoms with van der Waals surface area (Å²) in [4.78, 5) is 25.5. The largest absolute Gasteiger partial charge is 0.756 e. The molecule has 0 fully saturated rings. The number of unbranched alkanes of at least 4 members (excludes halogenated alkanes) is 36. The number of nitrogens with one attached hydrogen (secondary N) is 1.